The van der Waals surface area contributed by atoms with Gasteiger partial charge in [0.1, 0.15) is 11.6 Å². The van der Waals surface area contributed by atoms with Crippen LogP contribution in [0, 0.1) is 12.7 Å². The van der Waals surface area contributed by atoms with Gasteiger partial charge in [-0.3, -0.25) is 9.88 Å². The summed E-state index contributed by atoms with van der Waals surface area (Å²) in [5.74, 6) is -1.21. The average molecular weight is 344 g/mol. The van der Waals surface area contributed by atoms with E-state index < -0.39 is 17.4 Å². The van der Waals surface area contributed by atoms with Crippen LogP contribution < -0.4 is 4.74 Å². The molecule has 1 aromatic carbocycles. The van der Waals surface area contributed by atoms with Crippen molar-refractivity contribution in [3.05, 3.63) is 59.7 Å². The second-order valence-corrected chi connectivity index (χ2v) is 6.41. The lowest BCUT2D eigenvalue weighted by molar-refractivity contribution is -0.159. The van der Waals surface area contributed by atoms with Gasteiger partial charge in [0.25, 0.3) is 0 Å². The number of hydrogen-bond donors (Lipinski definition) is 1. The minimum absolute atomic E-state index is 0.246. The number of rotatable bonds is 5. The predicted octanol–water partition coefficient (Wildman–Crippen LogP) is 3.03. The first-order valence-corrected chi connectivity index (χ1v) is 8.30. The molecule has 3 rings (SSSR count). The molecule has 0 radical (unpaired) electrons. The van der Waals surface area contributed by atoms with E-state index in [4.69, 9.17) is 4.74 Å². The number of aromatic nitrogens is 1. The van der Waals surface area contributed by atoms with Crippen LogP contribution in [0.4, 0.5) is 4.39 Å². The van der Waals surface area contributed by atoms with Gasteiger partial charge in [0, 0.05) is 44.2 Å². The van der Waals surface area contributed by atoms with Crippen molar-refractivity contribution < 1.29 is 19.0 Å². The molecular formula is C19H21FN2O3. The topological polar surface area (TPSA) is 62.7 Å². The molecule has 1 fully saturated rings. The van der Waals surface area contributed by atoms with Crippen molar-refractivity contribution in [1.29, 1.82) is 0 Å². The molecule has 5 nitrogen and oxygen atoms in total. The van der Waals surface area contributed by atoms with Gasteiger partial charge in [-0.05, 0) is 31.2 Å². The molecule has 0 saturated carbocycles. The number of nitrogens with zero attached hydrogens (tertiary/aromatic N) is 2. The van der Waals surface area contributed by atoms with Crippen LogP contribution in [0.1, 0.15) is 24.2 Å². The molecular weight excluding hydrogens is 323 g/mol. The van der Waals surface area contributed by atoms with Crippen LogP contribution in [0.2, 0.25) is 0 Å². The number of benzene rings is 1. The molecule has 1 N–H and O–H groups in total. The molecule has 1 aliphatic rings. The van der Waals surface area contributed by atoms with Crippen molar-refractivity contribution >= 4 is 5.97 Å². The number of carboxylic acids is 1. The zero-order valence-corrected chi connectivity index (χ0v) is 14.1. The van der Waals surface area contributed by atoms with E-state index >= 15 is 0 Å². The summed E-state index contributed by atoms with van der Waals surface area (Å²) in [5, 5.41) is 9.68. The first-order valence-electron chi connectivity index (χ1n) is 8.30. The fourth-order valence-corrected chi connectivity index (χ4v) is 3.10. The lowest BCUT2D eigenvalue weighted by Gasteiger charge is -2.38. The number of pyridine rings is 1. The standard InChI is InChI=1S/C19H21FN2O3/c1-14-4-2-6-16(21-14)13-22-10-8-19(9-11-22,18(23)24)25-17-7-3-5-15(20)12-17/h2-7,12H,8-11,13H2,1H3,(H,23,24). The lowest BCUT2D eigenvalue weighted by Crippen LogP contribution is -2.53. The van der Waals surface area contributed by atoms with Crippen LogP contribution in [-0.2, 0) is 11.3 Å². The van der Waals surface area contributed by atoms with Crippen molar-refractivity contribution in [2.45, 2.75) is 31.9 Å². The van der Waals surface area contributed by atoms with Crippen LogP contribution in [0.25, 0.3) is 0 Å². The van der Waals surface area contributed by atoms with Crippen LogP contribution in [0.5, 0.6) is 5.75 Å². The van der Waals surface area contributed by atoms with E-state index in [9.17, 15) is 14.3 Å². The van der Waals surface area contributed by atoms with Gasteiger partial charge in [0.2, 0.25) is 5.60 Å². The highest BCUT2D eigenvalue weighted by molar-refractivity contribution is 5.78. The molecule has 6 heteroatoms. The fourth-order valence-electron chi connectivity index (χ4n) is 3.10. The Morgan fingerprint density at radius 2 is 2.00 bits per heavy atom. The Kier molecular flexibility index (Phi) is 4.99. The van der Waals surface area contributed by atoms with Gasteiger partial charge in [0.15, 0.2) is 0 Å². The summed E-state index contributed by atoms with van der Waals surface area (Å²) in [6.45, 7) is 3.79. The van der Waals surface area contributed by atoms with Crippen LogP contribution in [-0.4, -0.2) is 39.7 Å². The summed E-state index contributed by atoms with van der Waals surface area (Å²) in [4.78, 5) is 18.5. The highest BCUT2D eigenvalue weighted by atomic mass is 19.1. The summed E-state index contributed by atoms with van der Waals surface area (Å²) < 4.78 is 19.1. The van der Waals surface area contributed by atoms with E-state index in [-0.39, 0.29) is 5.75 Å². The molecule has 0 bridgehead atoms. The number of hydrogen-bond acceptors (Lipinski definition) is 4. The van der Waals surface area contributed by atoms with E-state index in [0.29, 0.717) is 32.5 Å². The molecule has 0 atom stereocenters. The first-order chi connectivity index (χ1) is 12.0. The lowest BCUT2D eigenvalue weighted by atomic mass is 9.91. The molecule has 0 amide bonds. The SMILES string of the molecule is Cc1cccc(CN2CCC(Oc3cccc(F)c3)(C(=O)O)CC2)n1. The largest absolute Gasteiger partial charge is 0.478 e. The van der Waals surface area contributed by atoms with Crippen LogP contribution in [0.15, 0.2) is 42.5 Å². The first kappa shape index (κ1) is 17.4. The molecule has 0 aliphatic carbocycles. The van der Waals surface area contributed by atoms with Crippen LogP contribution >= 0.6 is 0 Å². The van der Waals surface area contributed by atoms with Gasteiger partial charge in [-0.15, -0.1) is 0 Å². The highest BCUT2D eigenvalue weighted by Crippen LogP contribution is 2.30. The Balaban J connectivity index is 1.67. The maximum Gasteiger partial charge on any atom is 0.348 e. The number of carboxylic acid groups (broad SMARTS) is 1. The van der Waals surface area contributed by atoms with E-state index in [0.717, 1.165) is 11.4 Å². The Labute approximate surface area is 146 Å². The van der Waals surface area contributed by atoms with Gasteiger partial charge in [-0.2, -0.15) is 0 Å². The van der Waals surface area contributed by atoms with E-state index in [1.807, 2.05) is 25.1 Å². The minimum atomic E-state index is -1.32. The van der Waals surface area contributed by atoms with E-state index in [2.05, 4.69) is 9.88 Å². The molecule has 1 saturated heterocycles. The van der Waals surface area contributed by atoms with E-state index in [1.165, 1.54) is 18.2 Å². The van der Waals surface area contributed by atoms with Gasteiger partial charge in [-0.1, -0.05) is 12.1 Å². The molecule has 0 spiro atoms. The van der Waals surface area contributed by atoms with Crippen molar-refractivity contribution in [3.63, 3.8) is 0 Å². The number of ether oxygens (including phenoxy) is 1. The number of aryl methyl sites for hydroxylation is 1. The molecule has 1 aliphatic heterocycles. The van der Waals surface area contributed by atoms with Gasteiger partial charge < -0.3 is 9.84 Å². The van der Waals surface area contributed by atoms with Crippen LogP contribution in [0.3, 0.4) is 0 Å². The summed E-state index contributed by atoms with van der Waals surface area (Å²) in [6.07, 6.45) is 0.676. The second kappa shape index (κ2) is 7.19. The fraction of sp³-hybridized carbons (Fsp3) is 0.368. The molecule has 25 heavy (non-hydrogen) atoms. The zero-order valence-electron chi connectivity index (χ0n) is 14.1. The number of likely N-dealkylation sites (tertiary alicyclic amines) is 1. The Bertz CT molecular complexity index is 758. The van der Waals surface area contributed by atoms with E-state index in [1.54, 1.807) is 6.07 Å². The Morgan fingerprint density at radius 3 is 2.64 bits per heavy atom. The van der Waals surface area contributed by atoms with Crippen molar-refractivity contribution in [3.8, 4) is 5.75 Å². The maximum absolute atomic E-state index is 13.3. The quantitative estimate of drug-likeness (QED) is 0.903. The maximum atomic E-state index is 13.3. The average Bonchev–Trinajstić information content (AvgIpc) is 2.57. The smallest absolute Gasteiger partial charge is 0.348 e. The molecule has 0 unspecified atom stereocenters. The Morgan fingerprint density at radius 1 is 1.28 bits per heavy atom. The Hall–Kier alpha value is -2.47. The third kappa shape index (κ3) is 4.14. The van der Waals surface area contributed by atoms with Crippen molar-refractivity contribution in [2.24, 2.45) is 0 Å². The number of halogens is 1. The molecule has 1 aromatic heterocycles. The summed E-state index contributed by atoms with van der Waals surface area (Å²) in [7, 11) is 0. The zero-order chi connectivity index (χ0) is 17.9. The minimum Gasteiger partial charge on any atom is -0.478 e. The molecule has 2 heterocycles. The number of carbonyl (C=O) groups is 1. The van der Waals surface area contributed by atoms with Gasteiger partial charge >= 0.3 is 5.97 Å². The summed E-state index contributed by atoms with van der Waals surface area (Å²) in [5.41, 5.74) is 0.613. The molecule has 2 aromatic rings. The van der Waals surface area contributed by atoms with Gasteiger partial charge in [-0.25, -0.2) is 9.18 Å². The molecule has 132 valence electrons. The van der Waals surface area contributed by atoms with Gasteiger partial charge in [0.05, 0.1) is 5.69 Å². The number of piperidine rings is 1. The van der Waals surface area contributed by atoms with Crippen molar-refractivity contribution in [2.75, 3.05) is 13.1 Å². The third-order valence-corrected chi connectivity index (χ3v) is 4.49. The predicted molar refractivity (Wildman–Crippen MR) is 90.9 cm³/mol. The third-order valence-electron chi connectivity index (χ3n) is 4.49. The monoisotopic (exact) mass is 344 g/mol. The summed E-state index contributed by atoms with van der Waals surface area (Å²) >= 11 is 0. The van der Waals surface area contributed by atoms with Crippen molar-refractivity contribution in [1.82, 2.24) is 9.88 Å². The highest BCUT2D eigenvalue weighted by Gasteiger charge is 2.44. The number of aliphatic carboxylic acids is 1. The normalized spacial score (nSPS) is 17.2. The summed E-state index contributed by atoms with van der Waals surface area (Å²) in [6, 6.07) is 11.5. The second-order valence-electron chi connectivity index (χ2n) is 6.41.